The zero-order chi connectivity index (χ0) is 21.0. The van der Waals surface area contributed by atoms with Crippen LogP contribution in [0.3, 0.4) is 0 Å². The lowest BCUT2D eigenvalue weighted by atomic mass is 10.0. The highest BCUT2D eigenvalue weighted by molar-refractivity contribution is 5.97. The molecule has 0 aromatic heterocycles. The molecule has 3 rings (SSSR count). The van der Waals surface area contributed by atoms with E-state index in [-0.39, 0.29) is 18.9 Å². The summed E-state index contributed by atoms with van der Waals surface area (Å²) in [6.07, 6.45) is 0.242. The number of anilines is 1. The zero-order valence-corrected chi connectivity index (χ0v) is 16.5. The Kier molecular flexibility index (Phi) is 6.39. The quantitative estimate of drug-likeness (QED) is 0.649. The van der Waals surface area contributed by atoms with E-state index in [4.69, 9.17) is 5.73 Å². The summed E-state index contributed by atoms with van der Waals surface area (Å²) in [5.74, 6) is -1.52. The summed E-state index contributed by atoms with van der Waals surface area (Å²) in [5.41, 5.74) is 10.2. The second kappa shape index (κ2) is 8.97. The number of hydrogen-bond donors (Lipinski definition) is 1. The molecule has 5 heteroatoms. The van der Waals surface area contributed by atoms with Gasteiger partial charge in [-0.3, -0.25) is 4.79 Å². The molecular formula is C24H24F2N2O. The van der Waals surface area contributed by atoms with E-state index in [1.54, 1.807) is 17.0 Å². The summed E-state index contributed by atoms with van der Waals surface area (Å²) >= 11 is 0. The van der Waals surface area contributed by atoms with Gasteiger partial charge in [0.15, 0.2) is 0 Å². The van der Waals surface area contributed by atoms with Gasteiger partial charge < -0.3 is 10.6 Å². The predicted molar refractivity (Wildman–Crippen MR) is 112 cm³/mol. The van der Waals surface area contributed by atoms with Gasteiger partial charge in [0, 0.05) is 18.3 Å². The normalized spacial score (nSPS) is 11.9. The monoisotopic (exact) mass is 394 g/mol. The molecule has 29 heavy (non-hydrogen) atoms. The lowest BCUT2D eigenvalue weighted by molar-refractivity contribution is -0.120. The molecule has 1 amide bonds. The Balaban J connectivity index is 1.90. The van der Waals surface area contributed by atoms with Gasteiger partial charge in [-0.2, -0.15) is 0 Å². The molecule has 1 unspecified atom stereocenters. The van der Waals surface area contributed by atoms with Crippen LogP contribution in [-0.2, 0) is 11.2 Å². The van der Waals surface area contributed by atoms with E-state index in [0.717, 1.165) is 17.2 Å². The number of benzene rings is 3. The number of rotatable bonds is 6. The number of halogens is 2. The molecule has 3 nitrogen and oxygen atoms in total. The predicted octanol–water partition coefficient (Wildman–Crippen LogP) is 4.86. The van der Waals surface area contributed by atoms with E-state index in [1.807, 2.05) is 50.2 Å². The highest BCUT2D eigenvalue weighted by atomic mass is 19.1. The summed E-state index contributed by atoms with van der Waals surface area (Å²) in [4.78, 5) is 14.8. The van der Waals surface area contributed by atoms with Gasteiger partial charge in [-0.1, -0.05) is 42.5 Å². The van der Waals surface area contributed by atoms with Crippen LogP contribution < -0.4 is 10.6 Å². The van der Waals surface area contributed by atoms with Crippen molar-refractivity contribution in [2.24, 2.45) is 5.73 Å². The molecule has 0 fully saturated rings. The molecule has 1 atom stereocenters. The Morgan fingerprint density at radius 2 is 1.69 bits per heavy atom. The van der Waals surface area contributed by atoms with Gasteiger partial charge in [-0.05, 0) is 60.7 Å². The smallest absolute Gasteiger partial charge is 0.248 e. The highest BCUT2D eigenvalue weighted by Crippen LogP contribution is 2.23. The standard InChI is InChI=1S/C24H24F2N2O/c1-16-8-11-21(14-17(16)2)28(13-12-18-9-10-20(25)15-22(18)26)24(29)23(27)19-6-4-3-5-7-19/h3-11,14-15,23H,12-13,27H2,1-2H3. The maximum Gasteiger partial charge on any atom is 0.248 e. The zero-order valence-electron chi connectivity index (χ0n) is 16.5. The molecule has 3 aromatic rings. The average molecular weight is 394 g/mol. The summed E-state index contributed by atoms with van der Waals surface area (Å²) in [7, 11) is 0. The van der Waals surface area contributed by atoms with Gasteiger partial charge in [-0.15, -0.1) is 0 Å². The average Bonchev–Trinajstić information content (AvgIpc) is 2.72. The van der Waals surface area contributed by atoms with Crippen molar-refractivity contribution in [3.05, 3.63) is 101 Å². The molecule has 0 aliphatic heterocycles. The maximum absolute atomic E-state index is 14.1. The van der Waals surface area contributed by atoms with Crippen molar-refractivity contribution in [2.75, 3.05) is 11.4 Å². The second-order valence-electron chi connectivity index (χ2n) is 7.13. The van der Waals surface area contributed by atoms with Crippen molar-refractivity contribution in [1.29, 1.82) is 0 Å². The van der Waals surface area contributed by atoms with Crippen LogP contribution in [0.1, 0.15) is 28.3 Å². The molecule has 0 heterocycles. The third-order valence-corrected chi connectivity index (χ3v) is 5.11. The summed E-state index contributed by atoms with van der Waals surface area (Å²) in [5, 5.41) is 0. The number of aryl methyl sites for hydroxylation is 2. The molecule has 0 saturated heterocycles. The van der Waals surface area contributed by atoms with Crippen molar-refractivity contribution < 1.29 is 13.6 Å². The van der Waals surface area contributed by atoms with E-state index in [1.165, 1.54) is 12.1 Å². The largest absolute Gasteiger partial charge is 0.316 e. The molecule has 0 aliphatic carbocycles. The van der Waals surface area contributed by atoms with Crippen LogP contribution in [0.5, 0.6) is 0 Å². The number of hydrogen-bond acceptors (Lipinski definition) is 2. The van der Waals surface area contributed by atoms with Crippen LogP contribution in [0.4, 0.5) is 14.5 Å². The third-order valence-electron chi connectivity index (χ3n) is 5.11. The van der Waals surface area contributed by atoms with Crippen molar-refractivity contribution in [1.82, 2.24) is 0 Å². The summed E-state index contributed by atoms with van der Waals surface area (Å²) < 4.78 is 27.3. The highest BCUT2D eigenvalue weighted by Gasteiger charge is 2.24. The molecule has 3 aromatic carbocycles. The SMILES string of the molecule is Cc1ccc(N(CCc2ccc(F)cc2F)C(=O)C(N)c2ccccc2)cc1C. The third kappa shape index (κ3) is 4.87. The minimum absolute atomic E-state index is 0.227. The number of nitrogens with zero attached hydrogens (tertiary/aromatic N) is 1. The lowest BCUT2D eigenvalue weighted by Gasteiger charge is -2.27. The minimum Gasteiger partial charge on any atom is -0.316 e. The van der Waals surface area contributed by atoms with E-state index in [0.29, 0.717) is 16.8 Å². The van der Waals surface area contributed by atoms with Gasteiger partial charge in [0.2, 0.25) is 5.91 Å². The van der Waals surface area contributed by atoms with Crippen molar-refractivity contribution in [3.8, 4) is 0 Å². The molecule has 0 aliphatic rings. The summed E-state index contributed by atoms with van der Waals surface area (Å²) in [6, 6.07) is 17.5. The van der Waals surface area contributed by atoms with E-state index >= 15 is 0 Å². The van der Waals surface area contributed by atoms with Gasteiger partial charge in [0.25, 0.3) is 0 Å². The van der Waals surface area contributed by atoms with Crippen LogP contribution in [0.15, 0.2) is 66.7 Å². The number of amides is 1. The second-order valence-corrected chi connectivity index (χ2v) is 7.13. The van der Waals surface area contributed by atoms with Crippen LogP contribution >= 0.6 is 0 Å². The Bertz CT molecular complexity index is 1010. The van der Waals surface area contributed by atoms with Crippen LogP contribution in [0.25, 0.3) is 0 Å². The Labute approximate surface area is 169 Å². The fraction of sp³-hybridized carbons (Fsp3) is 0.208. The van der Waals surface area contributed by atoms with Crippen molar-refractivity contribution in [2.45, 2.75) is 26.3 Å². The van der Waals surface area contributed by atoms with Crippen LogP contribution in [0.2, 0.25) is 0 Å². The number of nitrogens with two attached hydrogens (primary N) is 1. The van der Waals surface area contributed by atoms with Gasteiger partial charge in [-0.25, -0.2) is 8.78 Å². The number of carbonyl (C=O) groups is 1. The Hall–Kier alpha value is -3.05. The van der Waals surface area contributed by atoms with Gasteiger partial charge >= 0.3 is 0 Å². The number of carbonyl (C=O) groups excluding carboxylic acids is 1. The topological polar surface area (TPSA) is 46.3 Å². The Morgan fingerprint density at radius 3 is 2.34 bits per heavy atom. The molecule has 150 valence electrons. The van der Waals surface area contributed by atoms with Gasteiger partial charge in [0.05, 0.1) is 0 Å². The van der Waals surface area contributed by atoms with Crippen molar-refractivity contribution >= 4 is 11.6 Å². The Morgan fingerprint density at radius 1 is 0.966 bits per heavy atom. The molecule has 0 spiro atoms. The summed E-state index contributed by atoms with van der Waals surface area (Å²) in [6.45, 7) is 4.19. The molecule has 0 saturated carbocycles. The maximum atomic E-state index is 14.1. The first-order chi connectivity index (χ1) is 13.9. The molecule has 0 bridgehead atoms. The van der Waals surface area contributed by atoms with Crippen molar-refractivity contribution in [3.63, 3.8) is 0 Å². The first kappa shape index (κ1) is 20.7. The van der Waals surface area contributed by atoms with Crippen LogP contribution in [-0.4, -0.2) is 12.5 Å². The minimum atomic E-state index is -0.837. The molecule has 0 radical (unpaired) electrons. The molecule has 2 N–H and O–H groups in total. The van der Waals surface area contributed by atoms with Crippen LogP contribution in [0, 0.1) is 25.5 Å². The fourth-order valence-corrected chi connectivity index (χ4v) is 3.19. The lowest BCUT2D eigenvalue weighted by Crippen LogP contribution is -2.40. The van der Waals surface area contributed by atoms with E-state index in [9.17, 15) is 13.6 Å². The first-order valence-electron chi connectivity index (χ1n) is 9.50. The van der Waals surface area contributed by atoms with Gasteiger partial charge in [0.1, 0.15) is 17.7 Å². The van der Waals surface area contributed by atoms with E-state index in [2.05, 4.69) is 0 Å². The van der Waals surface area contributed by atoms with E-state index < -0.39 is 17.7 Å². The first-order valence-corrected chi connectivity index (χ1v) is 9.50. The fourth-order valence-electron chi connectivity index (χ4n) is 3.19. The molecular weight excluding hydrogens is 370 g/mol.